The van der Waals surface area contributed by atoms with Crippen molar-refractivity contribution in [3.63, 3.8) is 0 Å². The molecular formula is C17H21F3N2O4. The third-order valence-electron chi connectivity index (χ3n) is 4.70. The molecule has 2 atom stereocenters. The number of aliphatic hydroxyl groups excluding tert-OH is 1. The number of hydrogen-bond donors (Lipinski definition) is 1. The molecule has 0 aromatic heterocycles. The van der Waals surface area contributed by atoms with E-state index in [1.807, 2.05) is 11.9 Å². The van der Waals surface area contributed by atoms with Crippen LogP contribution in [0, 0.1) is 0 Å². The van der Waals surface area contributed by atoms with Crippen molar-refractivity contribution in [3.8, 4) is 11.5 Å². The maximum atomic E-state index is 12.6. The largest absolute Gasteiger partial charge is 0.573 e. The Morgan fingerprint density at radius 1 is 1.31 bits per heavy atom. The lowest BCUT2D eigenvalue weighted by Crippen LogP contribution is -2.58. The van der Waals surface area contributed by atoms with Gasteiger partial charge in [0, 0.05) is 18.7 Å². The molecule has 1 fully saturated rings. The summed E-state index contributed by atoms with van der Waals surface area (Å²) in [5, 5.41) is 10.8. The number of carbonyl (C=O) groups is 1. The molecule has 1 N–H and O–H groups in total. The molecule has 2 aliphatic rings. The molecule has 0 saturated carbocycles. The van der Waals surface area contributed by atoms with Gasteiger partial charge in [-0.15, -0.1) is 13.2 Å². The van der Waals surface area contributed by atoms with Crippen molar-refractivity contribution in [2.45, 2.75) is 38.0 Å². The number of aliphatic hydroxyl groups is 1. The number of amides is 1. The molecule has 0 spiro atoms. The summed E-state index contributed by atoms with van der Waals surface area (Å²) in [7, 11) is 1.81. The number of hydrogen-bond acceptors (Lipinski definition) is 5. The van der Waals surface area contributed by atoms with Gasteiger partial charge < -0.3 is 19.5 Å². The fourth-order valence-corrected chi connectivity index (χ4v) is 3.38. The topological polar surface area (TPSA) is 62.2 Å². The number of halogens is 3. The Labute approximate surface area is 149 Å². The van der Waals surface area contributed by atoms with E-state index in [1.54, 1.807) is 13.8 Å². The van der Waals surface area contributed by atoms with Gasteiger partial charge in [0.2, 0.25) is 5.91 Å². The van der Waals surface area contributed by atoms with Crippen LogP contribution in [0.15, 0.2) is 18.2 Å². The molecule has 144 valence electrons. The third kappa shape index (κ3) is 3.59. The highest BCUT2D eigenvalue weighted by molar-refractivity contribution is 5.80. The zero-order valence-corrected chi connectivity index (χ0v) is 14.7. The normalized spacial score (nSPS) is 26.3. The summed E-state index contributed by atoms with van der Waals surface area (Å²) < 4.78 is 47.4. The SMILES string of the molecule is CN1CCN([C@H]2c3cc(OC(F)(F)F)ccc3OC(C)(C)[C@@H]2O)C(=O)C1. The van der Waals surface area contributed by atoms with Crippen molar-refractivity contribution in [1.82, 2.24) is 9.80 Å². The fraction of sp³-hybridized carbons (Fsp3) is 0.588. The van der Waals surface area contributed by atoms with Gasteiger partial charge in [-0.2, -0.15) is 0 Å². The molecule has 1 saturated heterocycles. The summed E-state index contributed by atoms with van der Waals surface area (Å²) in [6.07, 6.45) is -5.94. The summed E-state index contributed by atoms with van der Waals surface area (Å²) in [6, 6.07) is 2.89. The van der Waals surface area contributed by atoms with Crippen LogP contribution in [-0.4, -0.2) is 65.6 Å². The van der Waals surface area contributed by atoms with E-state index >= 15 is 0 Å². The second-order valence-corrected chi connectivity index (χ2v) is 7.17. The lowest BCUT2D eigenvalue weighted by Gasteiger charge is -2.48. The Balaban J connectivity index is 2.02. The second-order valence-electron chi connectivity index (χ2n) is 7.17. The number of piperazine rings is 1. The average Bonchev–Trinajstić information content (AvgIpc) is 2.49. The quantitative estimate of drug-likeness (QED) is 0.857. The van der Waals surface area contributed by atoms with Gasteiger partial charge in [-0.25, -0.2) is 0 Å². The summed E-state index contributed by atoms with van der Waals surface area (Å²) in [4.78, 5) is 15.9. The second kappa shape index (κ2) is 6.31. The molecule has 2 aliphatic heterocycles. The number of fused-ring (bicyclic) bond motifs is 1. The number of alkyl halides is 3. The highest BCUT2D eigenvalue weighted by atomic mass is 19.4. The Bertz CT molecular complexity index is 708. The molecule has 1 amide bonds. The van der Waals surface area contributed by atoms with E-state index in [2.05, 4.69) is 4.74 Å². The van der Waals surface area contributed by atoms with Gasteiger partial charge in [-0.1, -0.05) is 0 Å². The van der Waals surface area contributed by atoms with E-state index in [-0.39, 0.29) is 12.5 Å². The van der Waals surface area contributed by atoms with Crippen LogP contribution in [0.5, 0.6) is 11.5 Å². The lowest BCUT2D eigenvalue weighted by atomic mass is 9.85. The van der Waals surface area contributed by atoms with E-state index < -0.39 is 29.9 Å². The van der Waals surface area contributed by atoms with E-state index in [4.69, 9.17) is 4.74 Å². The van der Waals surface area contributed by atoms with Gasteiger partial charge in [0.15, 0.2) is 0 Å². The third-order valence-corrected chi connectivity index (χ3v) is 4.70. The summed E-state index contributed by atoms with van der Waals surface area (Å²) >= 11 is 0. The number of carbonyl (C=O) groups excluding carboxylic acids is 1. The standard InChI is InChI=1S/C17H21F3N2O4/c1-16(2)15(24)14(22-7-6-21(3)9-13(22)23)11-8-10(25-17(18,19)20)4-5-12(11)26-16/h4-5,8,14-15,24H,6-7,9H2,1-3H3/t14-,15+/m0/s1. The molecule has 1 aromatic carbocycles. The molecule has 0 aliphatic carbocycles. The van der Waals surface area contributed by atoms with E-state index in [9.17, 15) is 23.1 Å². The van der Waals surface area contributed by atoms with Crippen LogP contribution in [0.25, 0.3) is 0 Å². The number of likely N-dealkylation sites (N-methyl/N-ethyl adjacent to an activating group) is 1. The molecule has 9 heteroatoms. The average molecular weight is 374 g/mol. The Kier molecular flexibility index (Phi) is 4.56. The summed E-state index contributed by atoms with van der Waals surface area (Å²) in [5.41, 5.74) is -0.704. The Morgan fingerprint density at radius 3 is 2.62 bits per heavy atom. The first kappa shape index (κ1) is 18.8. The van der Waals surface area contributed by atoms with E-state index in [0.717, 1.165) is 6.07 Å². The monoisotopic (exact) mass is 374 g/mol. The molecule has 0 unspecified atom stereocenters. The van der Waals surface area contributed by atoms with Crippen LogP contribution in [0.2, 0.25) is 0 Å². The molecule has 6 nitrogen and oxygen atoms in total. The lowest BCUT2D eigenvalue weighted by molar-refractivity contribution is -0.274. The number of ether oxygens (including phenoxy) is 2. The first-order valence-corrected chi connectivity index (χ1v) is 8.23. The van der Waals surface area contributed by atoms with Gasteiger partial charge in [0.1, 0.15) is 23.2 Å². The predicted octanol–water partition coefficient (Wildman–Crippen LogP) is 1.93. The van der Waals surface area contributed by atoms with Crippen LogP contribution in [-0.2, 0) is 4.79 Å². The number of nitrogens with zero attached hydrogens (tertiary/aromatic N) is 2. The molecule has 26 heavy (non-hydrogen) atoms. The zero-order chi connectivity index (χ0) is 19.3. The summed E-state index contributed by atoms with van der Waals surface area (Å²) in [6.45, 7) is 4.49. The molecule has 0 radical (unpaired) electrons. The highest BCUT2D eigenvalue weighted by Crippen LogP contribution is 2.45. The first-order valence-electron chi connectivity index (χ1n) is 8.23. The van der Waals surface area contributed by atoms with Crippen molar-refractivity contribution < 1.29 is 32.5 Å². The molecule has 3 rings (SSSR count). The number of benzene rings is 1. The Hall–Kier alpha value is -2.00. The van der Waals surface area contributed by atoms with Gasteiger partial charge in [0.05, 0.1) is 12.6 Å². The Morgan fingerprint density at radius 2 is 2.00 bits per heavy atom. The zero-order valence-electron chi connectivity index (χ0n) is 14.7. The number of rotatable bonds is 2. The highest BCUT2D eigenvalue weighted by Gasteiger charge is 2.47. The summed E-state index contributed by atoms with van der Waals surface area (Å²) in [5.74, 6) is -0.293. The van der Waals surface area contributed by atoms with Crippen LogP contribution >= 0.6 is 0 Å². The van der Waals surface area contributed by atoms with Gasteiger partial charge in [0.25, 0.3) is 0 Å². The van der Waals surface area contributed by atoms with E-state index in [1.165, 1.54) is 17.0 Å². The molecule has 1 aromatic rings. The predicted molar refractivity (Wildman–Crippen MR) is 85.8 cm³/mol. The maximum absolute atomic E-state index is 12.6. The van der Waals surface area contributed by atoms with Crippen LogP contribution < -0.4 is 9.47 Å². The minimum Gasteiger partial charge on any atom is -0.485 e. The van der Waals surface area contributed by atoms with Gasteiger partial charge in [-0.05, 0) is 39.1 Å². The smallest absolute Gasteiger partial charge is 0.485 e. The van der Waals surface area contributed by atoms with Crippen LogP contribution in [0.1, 0.15) is 25.5 Å². The van der Waals surface area contributed by atoms with Gasteiger partial charge in [-0.3, -0.25) is 9.69 Å². The van der Waals surface area contributed by atoms with Gasteiger partial charge >= 0.3 is 6.36 Å². The van der Waals surface area contributed by atoms with Crippen LogP contribution in [0.3, 0.4) is 0 Å². The minimum absolute atomic E-state index is 0.179. The maximum Gasteiger partial charge on any atom is 0.573 e. The first-order chi connectivity index (χ1) is 12.0. The molecule has 0 bridgehead atoms. The van der Waals surface area contributed by atoms with Crippen molar-refractivity contribution in [1.29, 1.82) is 0 Å². The van der Waals surface area contributed by atoms with Crippen molar-refractivity contribution in [2.24, 2.45) is 0 Å². The molecular weight excluding hydrogens is 353 g/mol. The van der Waals surface area contributed by atoms with Crippen molar-refractivity contribution >= 4 is 5.91 Å². The van der Waals surface area contributed by atoms with Crippen molar-refractivity contribution in [2.75, 3.05) is 26.7 Å². The van der Waals surface area contributed by atoms with Crippen LogP contribution in [0.4, 0.5) is 13.2 Å². The van der Waals surface area contributed by atoms with E-state index in [0.29, 0.717) is 24.4 Å². The molecule has 2 heterocycles. The fourth-order valence-electron chi connectivity index (χ4n) is 3.38. The minimum atomic E-state index is -4.83. The van der Waals surface area contributed by atoms with Crippen molar-refractivity contribution in [3.05, 3.63) is 23.8 Å².